The van der Waals surface area contributed by atoms with Gasteiger partial charge in [-0.2, -0.15) is 0 Å². The van der Waals surface area contributed by atoms with E-state index in [0.717, 1.165) is 17.8 Å². The molecule has 1 aliphatic carbocycles. The summed E-state index contributed by atoms with van der Waals surface area (Å²) in [6, 6.07) is 9.19. The predicted octanol–water partition coefficient (Wildman–Crippen LogP) is 3.10. The molecule has 2 aliphatic rings. The Morgan fingerprint density at radius 2 is 1.81 bits per heavy atom. The zero-order valence-corrected chi connectivity index (χ0v) is 10.1. The molecule has 16 heavy (non-hydrogen) atoms. The molecule has 1 nitrogen and oxygen atoms in total. The second-order valence-corrected chi connectivity index (χ2v) is 5.51. The largest absolute Gasteiger partial charge is 0.316 e. The Labute approximate surface area is 98.3 Å². The van der Waals surface area contributed by atoms with Crippen molar-refractivity contribution in [3.05, 3.63) is 35.4 Å². The number of rotatable bonds is 2. The number of nitrogens with one attached hydrogen (secondary N) is 1. The third kappa shape index (κ3) is 2.01. The van der Waals surface area contributed by atoms with Crippen LogP contribution in [0, 0.1) is 18.8 Å². The predicted molar refractivity (Wildman–Crippen MR) is 67.6 cm³/mol. The van der Waals surface area contributed by atoms with E-state index in [-0.39, 0.29) is 0 Å². The summed E-state index contributed by atoms with van der Waals surface area (Å²) in [6.07, 6.45) is 4.34. The summed E-state index contributed by atoms with van der Waals surface area (Å²) >= 11 is 0. The monoisotopic (exact) mass is 215 g/mol. The van der Waals surface area contributed by atoms with E-state index in [2.05, 4.69) is 36.5 Å². The molecule has 0 amide bonds. The Morgan fingerprint density at radius 1 is 1.06 bits per heavy atom. The first-order valence-corrected chi connectivity index (χ1v) is 6.62. The third-order valence-electron chi connectivity index (χ3n) is 4.27. The van der Waals surface area contributed by atoms with Crippen LogP contribution in [0.4, 0.5) is 0 Å². The van der Waals surface area contributed by atoms with Gasteiger partial charge in [-0.15, -0.1) is 0 Å². The van der Waals surface area contributed by atoms with Crippen molar-refractivity contribution in [2.75, 3.05) is 13.1 Å². The highest BCUT2D eigenvalue weighted by atomic mass is 14.9. The van der Waals surface area contributed by atoms with Gasteiger partial charge in [0.2, 0.25) is 0 Å². The third-order valence-corrected chi connectivity index (χ3v) is 4.27. The average Bonchev–Trinajstić information content (AvgIpc) is 3.14. The maximum atomic E-state index is 3.56. The van der Waals surface area contributed by atoms with Crippen LogP contribution < -0.4 is 5.32 Å². The normalized spacial score (nSPS) is 30.3. The molecular formula is C15H21N. The van der Waals surface area contributed by atoms with Crippen LogP contribution in [0.5, 0.6) is 0 Å². The minimum atomic E-state index is 0.766. The van der Waals surface area contributed by atoms with E-state index in [1.807, 2.05) is 0 Å². The number of piperidine rings is 1. The van der Waals surface area contributed by atoms with Crippen LogP contribution >= 0.6 is 0 Å². The second-order valence-electron chi connectivity index (χ2n) is 5.51. The molecule has 86 valence electrons. The Kier molecular flexibility index (Phi) is 2.72. The van der Waals surface area contributed by atoms with Gasteiger partial charge in [0.05, 0.1) is 0 Å². The minimum Gasteiger partial charge on any atom is -0.316 e. The zero-order chi connectivity index (χ0) is 11.0. The molecule has 2 fully saturated rings. The summed E-state index contributed by atoms with van der Waals surface area (Å²) < 4.78 is 0. The van der Waals surface area contributed by atoms with Gasteiger partial charge in [-0.3, -0.25) is 0 Å². The van der Waals surface area contributed by atoms with Crippen LogP contribution in [-0.4, -0.2) is 13.1 Å². The van der Waals surface area contributed by atoms with Crippen molar-refractivity contribution in [1.29, 1.82) is 0 Å². The lowest BCUT2D eigenvalue weighted by atomic mass is 9.78. The summed E-state index contributed by atoms with van der Waals surface area (Å²) in [5.74, 6) is 2.75. The van der Waals surface area contributed by atoms with Crippen molar-refractivity contribution >= 4 is 0 Å². The number of benzene rings is 1. The van der Waals surface area contributed by atoms with Crippen LogP contribution in [0.25, 0.3) is 0 Å². The lowest BCUT2D eigenvalue weighted by Crippen LogP contribution is -2.36. The molecule has 1 saturated carbocycles. The fourth-order valence-corrected chi connectivity index (χ4v) is 3.15. The number of hydrogen-bond donors (Lipinski definition) is 1. The molecule has 1 heterocycles. The fraction of sp³-hybridized carbons (Fsp3) is 0.600. The van der Waals surface area contributed by atoms with Crippen LogP contribution in [0.15, 0.2) is 24.3 Å². The van der Waals surface area contributed by atoms with Gasteiger partial charge in [-0.05, 0) is 56.0 Å². The van der Waals surface area contributed by atoms with E-state index in [9.17, 15) is 0 Å². The molecular weight excluding hydrogens is 194 g/mol. The highest BCUT2D eigenvalue weighted by Crippen LogP contribution is 2.46. The standard InChI is InChI=1S/C15H21N/c1-11-2-4-13(5-3-11)15-10-16-9-8-14(15)12-6-7-12/h2-5,12,14-16H,6-10H2,1H3. The summed E-state index contributed by atoms with van der Waals surface area (Å²) in [5, 5.41) is 3.56. The van der Waals surface area contributed by atoms with E-state index < -0.39 is 0 Å². The zero-order valence-electron chi connectivity index (χ0n) is 10.1. The molecule has 1 aromatic carbocycles. The van der Waals surface area contributed by atoms with Gasteiger partial charge in [0.1, 0.15) is 0 Å². The Morgan fingerprint density at radius 3 is 2.50 bits per heavy atom. The van der Waals surface area contributed by atoms with Crippen molar-refractivity contribution in [1.82, 2.24) is 5.32 Å². The van der Waals surface area contributed by atoms with Crippen molar-refractivity contribution in [3.63, 3.8) is 0 Å². The van der Waals surface area contributed by atoms with Gasteiger partial charge in [-0.1, -0.05) is 29.8 Å². The smallest absolute Gasteiger partial charge is 0.00229 e. The summed E-state index contributed by atoms with van der Waals surface area (Å²) in [6.45, 7) is 4.58. The van der Waals surface area contributed by atoms with Crippen molar-refractivity contribution in [2.24, 2.45) is 11.8 Å². The summed E-state index contributed by atoms with van der Waals surface area (Å²) in [7, 11) is 0. The molecule has 0 aromatic heterocycles. The van der Waals surface area contributed by atoms with Gasteiger partial charge in [-0.25, -0.2) is 0 Å². The van der Waals surface area contributed by atoms with Crippen molar-refractivity contribution < 1.29 is 0 Å². The molecule has 2 atom stereocenters. The van der Waals surface area contributed by atoms with Crippen LogP contribution in [-0.2, 0) is 0 Å². The second kappa shape index (κ2) is 4.21. The van der Waals surface area contributed by atoms with Gasteiger partial charge in [0, 0.05) is 6.54 Å². The highest BCUT2D eigenvalue weighted by molar-refractivity contribution is 5.26. The van der Waals surface area contributed by atoms with Gasteiger partial charge < -0.3 is 5.32 Å². The Balaban J connectivity index is 1.82. The van der Waals surface area contributed by atoms with E-state index >= 15 is 0 Å². The van der Waals surface area contributed by atoms with E-state index in [1.54, 1.807) is 5.56 Å². The molecule has 1 aliphatic heterocycles. The lowest BCUT2D eigenvalue weighted by Gasteiger charge is -2.32. The highest BCUT2D eigenvalue weighted by Gasteiger charge is 2.38. The molecule has 1 aromatic rings. The van der Waals surface area contributed by atoms with Gasteiger partial charge in [0.25, 0.3) is 0 Å². The molecule has 0 bridgehead atoms. The average molecular weight is 215 g/mol. The first kappa shape index (κ1) is 10.3. The Hall–Kier alpha value is -0.820. The summed E-state index contributed by atoms with van der Waals surface area (Å²) in [4.78, 5) is 0. The summed E-state index contributed by atoms with van der Waals surface area (Å²) in [5.41, 5.74) is 2.92. The maximum absolute atomic E-state index is 3.56. The number of aryl methyl sites for hydroxylation is 1. The van der Waals surface area contributed by atoms with Gasteiger partial charge >= 0.3 is 0 Å². The molecule has 0 spiro atoms. The SMILES string of the molecule is Cc1ccc(C2CNCCC2C2CC2)cc1. The molecule has 1 N–H and O–H groups in total. The van der Waals surface area contributed by atoms with E-state index in [0.29, 0.717) is 0 Å². The molecule has 1 saturated heterocycles. The van der Waals surface area contributed by atoms with Crippen LogP contribution in [0.1, 0.15) is 36.3 Å². The molecule has 1 heteroatoms. The van der Waals surface area contributed by atoms with E-state index in [4.69, 9.17) is 0 Å². The fourth-order valence-electron chi connectivity index (χ4n) is 3.15. The molecule has 0 radical (unpaired) electrons. The van der Waals surface area contributed by atoms with Crippen molar-refractivity contribution in [2.45, 2.75) is 32.1 Å². The molecule has 2 unspecified atom stereocenters. The lowest BCUT2D eigenvalue weighted by molar-refractivity contribution is 0.291. The number of hydrogen-bond acceptors (Lipinski definition) is 1. The van der Waals surface area contributed by atoms with Crippen LogP contribution in [0.3, 0.4) is 0 Å². The maximum Gasteiger partial charge on any atom is 0.00229 e. The van der Waals surface area contributed by atoms with Gasteiger partial charge in [0.15, 0.2) is 0 Å². The van der Waals surface area contributed by atoms with Crippen LogP contribution in [0.2, 0.25) is 0 Å². The minimum absolute atomic E-state index is 0.766. The first-order valence-electron chi connectivity index (χ1n) is 6.62. The Bertz CT molecular complexity index is 350. The molecule has 3 rings (SSSR count). The van der Waals surface area contributed by atoms with E-state index in [1.165, 1.54) is 37.9 Å². The topological polar surface area (TPSA) is 12.0 Å². The first-order chi connectivity index (χ1) is 7.84. The van der Waals surface area contributed by atoms with Crippen molar-refractivity contribution in [3.8, 4) is 0 Å². The quantitative estimate of drug-likeness (QED) is 0.799.